The minimum Gasteiger partial charge on any atom is -0.368 e. The number of hydrogen-bond donors (Lipinski definition) is 2. The fraction of sp³-hybridized carbons (Fsp3) is 0.300. The van der Waals surface area contributed by atoms with Crippen LogP contribution in [-0.2, 0) is 11.2 Å². The molecule has 8 heteroatoms. The van der Waals surface area contributed by atoms with Crippen LogP contribution in [0.15, 0.2) is 61.1 Å². The molecule has 0 bridgehead atoms. The third-order valence-electron chi connectivity index (χ3n) is 7.82. The molecule has 0 unspecified atom stereocenters. The van der Waals surface area contributed by atoms with Crippen LogP contribution in [0.5, 0.6) is 0 Å². The number of imidazole rings is 1. The van der Waals surface area contributed by atoms with Gasteiger partial charge in [-0.05, 0) is 54.8 Å². The molecule has 3 aromatic heterocycles. The number of carbonyl (C=O) groups excluding carboxylic acids is 1. The predicted octanol–water partition coefficient (Wildman–Crippen LogP) is 4.28. The van der Waals surface area contributed by atoms with Crippen LogP contribution in [0.1, 0.15) is 23.7 Å². The lowest BCUT2D eigenvalue weighted by Gasteiger charge is -2.35. The van der Waals surface area contributed by atoms with Gasteiger partial charge < -0.3 is 24.8 Å². The fourth-order valence-electron chi connectivity index (χ4n) is 5.57. The minimum atomic E-state index is -0.0410. The summed E-state index contributed by atoms with van der Waals surface area (Å²) < 4.78 is 2.11. The van der Waals surface area contributed by atoms with E-state index in [1.165, 1.54) is 0 Å². The maximum absolute atomic E-state index is 12.2. The molecule has 38 heavy (non-hydrogen) atoms. The summed E-state index contributed by atoms with van der Waals surface area (Å²) >= 11 is 0. The maximum atomic E-state index is 12.2. The molecule has 2 N–H and O–H groups in total. The molecule has 6 rings (SSSR count). The van der Waals surface area contributed by atoms with Gasteiger partial charge in [0.2, 0.25) is 0 Å². The number of anilines is 3. The van der Waals surface area contributed by atoms with Crippen molar-refractivity contribution in [2.45, 2.75) is 20.3 Å². The number of likely N-dealkylation sites (N-methyl/N-ethyl adjacent to an activating group) is 2. The molecule has 4 heterocycles. The number of aromatic nitrogens is 3. The van der Waals surface area contributed by atoms with Gasteiger partial charge in [-0.25, -0.2) is 9.97 Å². The third kappa shape index (κ3) is 4.31. The second-order valence-electron chi connectivity index (χ2n) is 9.90. The summed E-state index contributed by atoms with van der Waals surface area (Å²) in [4.78, 5) is 26.5. The van der Waals surface area contributed by atoms with Crippen LogP contribution in [0.3, 0.4) is 0 Å². The van der Waals surface area contributed by atoms with Crippen molar-refractivity contribution in [2.75, 3.05) is 50.0 Å². The lowest BCUT2D eigenvalue weighted by Crippen LogP contribution is -2.46. The van der Waals surface area contributed by atoms with E-state index in [-0.39, 0.29) is 5.91 Å². The topological polar surface area (TPSA) is 77.8 Å². The van der Waals surface area contributed by atoms with Crippen LogP contribution in [0, 0.1) is 6.92 Å². The van der Waals surface area contributed by atoms with Gasteiger partial charge in [0.1, 0.15) is 5.82 Å². The largest absolute Gasteiger partial charge is 0.368 e. The summed E-state index contributed by atoms with van der Waals surface area (Å²) in [5, 5.41) is 6.26. The molecule has 0 saturated carbocycles. The molecule has 2 aliphatic rings. The fourth-order valence-corrected chi connectivity index (χ4v) is 5.57. The standard InChI is InChI=1S/C30H33N7O/c1-4-35-13-15-36(16-14-35)23-7-10-28(33-19-23)34-27-18-26(20(2)37-12-11-32-29(27)37)22-5-8-24-21(17-22)6-9-25(24)30(38)31-3/h5,7-12,17-19H,4,6,13-16H2,1-3H3,(H,31,38)(H,33,34). The summed E-state index contributed by atoms with van der Waals surface area (Å²) in [6.45, 7) is 9.67. The van der Waals surface area contributed by atoms with Gasteiger partial charge in [0.05, 0.1) is 17.6 Å². The van der Waals surface area contributed by atoms with Crippen molar-refractivity contribution in [3.63, 3.8) is 0 Å². The van der Waals surface area contributed by atoms with Crippen molar-refractivity contribution in [3.05, 3.63) is 77.9 Å². The smallest absolute Gasteiger partial charge is 0.251 e. The van der Waals surface area contributed by atoms with Crippen molar-refractivity contribution < 1.29 is 4.79 Å². The molecule has 8 nitrogen and oxygen atoms in total. The highest BCUT2D eigenvalue weighted by Crippen LogP contribution is 2.35. The number of nitrogens with one attached hydrogen (secondary N) is 2. The summed E-state index contributed by atoms with van der Waals surface area (Å²) in [6, 6.07) is 12.7. The second kappa shape index (κ2) is 9.95. The lowest BCUT2D eigenvalue weighted by molar-refractivity contribution is -0.115. The normalized spacial score (nSPS) is 15.4. The average Bonchev–Trinajstić information content (AvgIpc) is 3.62. The van der Waals surface area contributed by atoms with Crippen LogP contribution in [-0.4, -0.2) is 64.9 Å². The molecule has 194 valence electrons. The first-order valence-electron chi connectivity index (χ1n) is 13.3. The zero-order valence-corrected chi connectivity index (χ0v) is 22.2. The number of amides is 1. The number of hydrogen-bond acceptors (Lipinski definition) is 6. The Bertz CT molecular complexity index is 1530. The number of benzene rings is 1. The summed E-state index contributed by atoms with van der Waals surface area (Å²) in [5.74, 6) is 0.745. The van der Waals surface area contributed by atoms with E-state index in [1.54, 1.807) is 7.05 Å². The van der Waals surface area contributed by atoms with Gasteiger partial charge in [0.25, 0.3) is 5.91 Å². The van der Waals surface area contributed by atoms with E-state index in [2.05, 4.69) is 74.0 Å². The number of rotatable bonds is 6. The minimum absolute atomic E-state index is 0.0410. The Morgan fingerprint density at radius 2 is 1.87 bits per heavy atom. The molecular formula is C30H33N7O. The number of fused-ring (bicyclic) bond motifs is 2. The van der Waals surface area contributed by atoms with E-state index in [4.69, 9.17) is 4.98 Å². The van der Waals surface area contributed by atoms with E-state index < -0.39 is 0 Å². The van der Waals surface area contributed by atoms with Crippen LogP contribution < -0.4 is 15.5 Å². The van der Waals surface area contributed by atoms with Crippen LogP contribution in [0.25, 0.3) is 22.3 Å². The molecule has 1 aliphatic carbocycles. The van der Waals surface area contributed by atoms with Gasteiger partial charge in [-0.3, -0.25) is 4.79 Å². The van der Waals surface area contributed by atoms with Crippen molar-refractivity contribution in [1.29, 1.82) is 0 Å². The SMILES string of the molecule is CCN1CCN(c2ccc(Nc3cc(-c4ccc5c(c4)CC=C5C(=O)NC)c(C)n4ccnc34)nc2)CC1. The Kier molecular flexibility index (Phi) is 6.33. The van der Waals surface area contributed by atoms with Crippen molar-refractivity contribution in [1.82, 2.24) is 24.6 Å². The van der Waals surface area contributed by atoms with Crippen LogP contribution >= 0.6 is 0 Å². The molecule has 1 aromatic carbocycles. The third-order valence-corrected chi connectivity index (χ3v) is 7.82. The lowest BCUT2D eigenvalue weighted by atomic mass is 9.97. The molecular weight excluding hydrogens is 474 g/mol. The van der Waals surface area contributed by atoms with Gasteiger partial charge in [-0.1, -0.05) is 31.2 Å². The van der Waals surface area contributed by atoms with E-state index in [0.29, 0.717) is 0 Å². The Morgan fingerprint density at radius 1 is 1.03 bits per heavy atom. The van der Waals surface area contributed by atoms with Crippen molar-refractivity contribution in [2.24, 2.45) is 0 Å². The summed E-state index contributed by atoms with van der Waals surface area (Å²) in [7, 11) is 1.67. The Hall–Kier alpha value is -4.17. The van der Waals surface area contributed by atoms with E-state index in [0.717, 1.165) is 95.5 Å². The second-order valence-corrected chi connectivity index (χ2v) is 9.90. The molecule has 1 aliphatic heterocycles. The Labute approximate surface area is 223 Å². The molecule has 0 radical (unpaired) electrons. The van der Waals surface area contributed by atoms with Gasteiger partial charge in [0, 0.05) is 62.5 Å². The van der Waals surface area contributed by atoms with Crippen molar-refractivity contribution >= 4 is 34.3 Å². The predicted molar refractivity (Wildman–Crippen MR) is 153 cm³/mol. The zero-order chi connectivity index (χ0) is 26.2. The number of allylic oxidation sites excluding steroid dienone is 1. The number of piperazine rings is 1. The molecule has 1 fully saturated rings. The molecule has 0 atom stereocenters. The van der Waals surface area contributed by atoms with E-state index in [9.17, 15) is 4.79 Å². The van der Waals surface area contributed by atoms with Gasteiger partial charge in [-0.2, -0.15) is 0 Å². The summed E-state index contributed by atoms with van der Waals surface area (Å²) in [5.41, 5.74) is 9.17. The zero-order valence-electron chi connectivity index (χ0n) is 22.2. The summed E-state index contributed by atoms with van der Waals surface area (Å²) in [6.07, 6.45) is 8.54. The number of carbonyl (C=O) groups is 1. The van der Waals surface area contributed by atoms with E-state index >= 15 is 0 Å². The number of nitrogens with zero attached hydrogens (tertiary/aromatic N) is 5. The highest BCUT2D eigenvalue weighted by Gasteiger charge is 2.21. The monoisotopic (exact) mass is 507 g/mol. The quantitative estimate of drug-likeness (QED) is 0.406. The van der Waals surface area contributed by atoms with Gasteiger partial charge in [-0.15, -0.1) is 0 Å². The molecule has 1 saturated heterocycles. The first kappa shape index (κ1) is 24.2. The maximum Gasteiger partial charge on any atom is 0.251 e. The van der Waals surface area contributed by atoms with Gasteiger partial charge in [0.15, 0.2) is 5.65 Å². The molecule has 0 spiro atoms. The Balaban J connectivity index is 1.28. The molecule has 4 aromatic rings. The first-order chi connectivity index (χ1) is 18.6. The van der Waals surface area contributed by atoms with Crippen LogP contribution in [0.4, 0.5) is 17.2 Å². The van der Waals surface area contributed by atoms with E-state index in [1.807, 2.05) is 30.7 Å². The average molecular weight is 508 g/mol. The van der Waals surface area contributed by atoms with Crippen LogP contribution in [0.2, 0.25) is 0 Å². The first-order valence-corrected chi connectivity index (χ1v) is 13.3. The highest BCUT2D eigenvalue weighted by molar-refractivity contribution is 6.21. The Morgan fingerprint density at radius 3 is 2.61 bits per heavy atom. The number of pyridine rings is 2. The molecule has 1 amide bonds. The number of aryl methyl sites for hydroxylation is 1. The highest BCUT2D eigenvalue weighted by atomic mass is 16.1. The van der Waals surface area contributed by atoms with Gasteiger partial charge >= 0.3 is 0 Å². The van der Waals surface area contributed by atoms with Crippen molar-refractivity contribution in [3.8, 4) is 11.1 Å².